The molecule has 5 N–H and O–H groups in total. The number of hydrogen-bond donors (Lipinski definition) is 4. The van der Waals surface area contributed by atoms with E-state index >= 15 is 0 Å². The topological polar surface area (TPSA) is 208 Å². The number of fused-ring (bicyclic) bond motifs is 2. The summed E-state index contributed by atoms with van der Waals surface area (Å²) in [5, 5.41) is 8.15. The highest BCUT2D eigenvalue weighted by molar-refractivity contribution is 6.30. The Bertz CT molecular complexity index is 2760. The van der Waals surface area contributed by atoms with Crippen LogP contribution in [0.15, 0.2) is 85.6 Å². The number of benzene rings is 2. The molecule has 0 bridgehead atoms. The quantitative estimate of drug-likeness (QED) is 0.0800. The summed E-state index contributed by atoms with van der Waals surface area (Å²) in [5.41, 5.74) is 10.4. The molecule has 3 amide bonds. The molecule has 3 aliphatic heterocycles. The van der Waals surface area contributed by atoms with Gasteiger partial charge in [0, 0.05) is 88.8 Å². The molecule has 6 aromatic rings. The number of likely N-dealkylation sites (tertiary alicyclic amines) is 1. The van der Waals surface area contributed by atoms with Crippen LogP contribution in [0.3, 0.4) is 0 Å². The summed E-state index contributed by atoms with van der Waals surface area (Å²) in [4.78, 5) is 72.5. The molecule has 0 radical (unpaired) electrons. The molecule has 3 saturated heterocycles. The van der Waals surface area contributed by atoms with E-state index < -0.39 is 5.54 Å². The summed E-state index contributed by atoms with van der Waals surface area (Å²) in [6.45, 7) is 9.00. The predicted molar refractivity (Wildman–Crippen MR) is 277 cm³/mol. The fourth-order valence-electron chi connectivity index (χ4n) is 9.77. The van der Waals surface area contributed by atoms with Crippen molar-refractivity contribution in [3.05, 3.63) is 107 Å². The monoisotopic (exact) mass is 1000 g/mol. The molecule has 0 spiro atoms. The molecule has 3 aliphatic rings. The predicted octanol–water partition coefficient (Wildman–Crippen LogP) is 3.95. The first-order valence-electron chi connectivity index (χ1n) is 25.2. The van der Waals surface area contributed by atoms with Crippen molar-refractivity contribution in [3.63, 3.8) is 0 Å². The van der Waals surface area contributed by atoms with Crippen molar-refractivity contribution in [1.29, 1.82) is 0 Å². The number of ether oxygens (including phenoxy) is 2. The van der Waals surface area contributed by atoms with E-state index in [1.54, 1.807) is 18.7 Å². The molecule has 20 heteroatoms. The highest BCUT2D eigenvalue weighted by Crippen LogP contribution is 2.30. The number of amides is 3. The molecular weight excluding hydrogens is 936 g/mol. The minimum atomic E-state index is -1.02. The van der Waals surface area contributed by atoms with Gasteiger partial charge in [-0.15, -0.1) is 0 Å². The molecule has 9 rings (SSSR count). The number of likely N-dealkylation sites (N-methyl/N-ethyl adjacent to an activating group) is 1. The van der Waals surface area contributed by atoms with Gasteiger partial charge in [-0.2, -0.15) is 0 Å². The number of halogens is 1. The normalized spacial score (nSPS) is 17.2. The molecule has 0 aliphatic carbocycles. The van der Waals surface area contributed by atoms with Crippen LogP contribution in [0.4, 0.5) is 5.82 Å². The lowest BCUT2D eigenvalue weighted by Crippen LogP contribution is -2.60. The second-order valence-electron chi connectivity index (χ2n) is 19.4. The highest BCUT2D eigenvalue weighted by Gasteiger charge is 2.39. The first-order valence-corrected chi connectivity index (χ1v) is 25.5. The number of rotatable bonds is 20. The van der Waals surface area contributed by atoms with Gasteiger partial charge in [0.05, 0.1) is 49.1 Å². The Kier molecular flexibility index (Phi) is 16.6. The number of para-hydroxylation sites is 1. The van der Waals surface area contributed by atoms with Crippen molar-refractivity contribution in [2.24, 2.45) is 5.73 Å². The van der Waals surface area contributed by atoms with Crippen molar-refractivity contribution in [1.82, 2.24) is 59.7 Å². The van der Waals surface area contributed by atoms with Crippen molar-refractivity contribution < 1.29 is 23.9 Å². The van der Waals surface area contributed by atoms with E-state index in [0.29, 0.717) is 101 Å². The molecule has 2 aromatic carbocycles. The molecule has 7 heterocycles. The van der Waals surface area contributed by atoms with Gasteiger partial charge in [0.15, 0.2) is 5.65 Å². The standard InChI is InChI=1S/C52H67ClN14O5/c1-62(2)30-32-72-45-6-4-3-5-38(45)34-67-36-59-43-11-12-44(60-49(43)67)50(69)66-22-14-40(15-23-66)71-31-20-55-33-46(68)64-28-26-63(27-29-64)21-16-42(37-7-9-39(53)10-8-37)61-51(70)52(54)17-24-65(25-18-52)48-41-13-19-56-47(41)57-35-58-48/h3-13,19,35-36,40,42,55H,14-18,20-34,54H2,1-2H3,(H,61,70)(H,56,57,58)/t42-/m0/s1. The lowest BCUT2D eigenvalue weighted by Gasteiger charge is -2.39. The number of piperidine rings is 2. The number of anilines is 1. The van der Waals surface area contributed by atoms with E-state index in [1.165, 1.54) is 0 Å². The SMILES string of the molecule is CN(C)CCOc1ccccc1Cn1cnc2ccc(C(=O)N3CCC(OCCNCC(=O)N4CCN(CC[C@H](NC(=O)C5(N)CCN(c6ncnc7[nH]ccc67)CC5)c5ccc(Cl)cc5)CC4)CC3)nc21. The van der Waals surface area contributed by atoms with Crippen LogP contribution in [0.25, 0.3) is 22.2 Å². The molecule has 0 saturated carbocycles. The summed E-state index contributed by atoms with van der Waals surface area (Å²) in [6.07, 6.45) is 8.31. The summed E-state index contributed by atoms with van der Waals surface area (Å²) >= 11 is 6.26. The second kappa shape index (κ2) is 23.6. The number of nitrogens with two attached hydrogens (primary N) is 1. The Morgan fingerprint density at radius 1 is 0.903 bits per heavy atom. The van der Waals surface area contributed by atoms with E-state index in [0.717, 1.165) is 78.3 Å². The molecule has 4 aromatic heterocycles. The van der Waals surface area contributed by atoms with Crippen molar-refractivity contribution in [2.45, 2.75) is 56.3 Å². The number of carbonyl (C=O) groups excluding carboxylic acids is 3. The summed E-state index contributed by atoms with van der Waals surface area (Å²) < 4.78 is 14.2. The maximum Gasteiger partial charge on any atom is 0.272 e. The number of H-pyrrole nitrogens is 1. The third-order valence-electron chi connectivity index (χ3n) is 14.2. The fraction of sp³-hybridized carbons (Fsp3) is 0.481. The van der Waals surface area contributed by atoms with Crippen LogP contribution in [-0.4, -0.2) is 184 Å². The number of pyridine rings is 1. The highest BCUT2D eigenvalue weighted by atomic mass is 35.5. The molecule has 19 nitrogen and oxygen atoms in total. The largest absolute Gasteiger partial charge is 0.492 e. The van der Waals surface area contributed by atoms with Gasteiger partial charge >= 0.3 is 0 Å². The van der Waals surface area contributed by atoms with E-state index in [-0.39, 0.29) is 36.4 Å². The van der Waals surface area contributed by atoms with E-state index in [9.17, 15) is 14.4 Å². The number of carbonyl (C=O) groups is 3. The molecule has 3 fully saturated rings. The summed E-state index contributed by atoms with van der Waals surface area (Å²) in [6, 6.07) is 20.9. The van der Waals surface area contributed by atoms with Crippen LogP contribution < -0.4 is 26.0 Å². The van der Waals surface area contributed by atoms with Crippen LogP contribution in [-0.2, 0) is 20.9 Å². The van der Waals surface area contributed by atoms with Crippen LogP contribution in [0.1, 0.15) is 59.8 Å². The average molecular weight is 1000 g/mol. The maximum atomic E-state index is 13.9. The average Bonchev–Trinajstić information content (AvgIpc) is 4.06. The van der Waals surface area contributed by atoms with E-state index in [4.69, 9.17) is 31.8 Å². The minimum absolute atomic E-state index is 0.0335. The van der Waals surface area contributed by atoms with Crippen LogP contribution in [0.2, 0.25) is 5.02 Å². The summed E-state index contributed by atoms with van der Waals surface area (Å²) in [5.74, 6) is 1.47. The smallest absolute Gasteiger partial charge is 0.272 e. The molecule has 382 valence electrons. The molecule has 1 atom stereocenters. The lowest BCUT2D eigenvalue weighted by molar-refractivity contribution is -0.132. The Hall–Kier alpha value is -6.22. The third kappa shape index (κ3) is 12.5. The molecular formula is C52H67ClN14O5. The van der Waals surface area contributed by atoms with Crippen molar-refractivity contribution in [2.75, 3.05) is 111 Å². The van der Waals surface area contributed by atoms with Crippen molar-refractivity contribution in [3.8, 4) is 5.75 Å². The zero-order valence-electron chi connectivity index (χ0n) is 41.3. The first-order chi connectivity index (χ1) is 35.0. The van der Waals surface area contributed by atoms with Crippen LogP contribution >= 0.6 is 11.6 Å². The number of imidazole rings is 1. The summed E-state index contributed by atoms with van der Waals surface area (Å²) in [7, 11) is 4.04. The van der Waals surface area contributed by atoms with Gasteiger partial charge in [-0.1, -0.05) is 41.9 Å². The lowest BCUT2D eigenvalue weighted by atomic mass is 9.87. The number of piperazine rings is 1. The number of aromatic amines is 1. The minimum Gasteiger partial charge on any atom is -0.492 e. The number of nitrogens with one attached hydrogen (secondary N) is 3. The van der Waals surface area contributed by atoms with Gasteiger partial charge in [-0.25, -0.2) is 19.9 Å². The van der Waals surface area contributed by atoms with Crippen LogP contribution in [0, 0.1) is 0 Å². The zero-order valence-corrected chi connectivity index (χ0v) is 42.1. The molecule has 72 heavy (non-hydrogen) atoms. The third-order valence-corrected chi connectivity index (χ3v) is 14.5. The van der Waals surface area contributed by atoms with Gasteiger partial charge in [0.2, 0.25) is 11.8 Å². The Balaban J connectivity index is 0.669. The number of hydrogen-bond acceptors (Lipinski definition) is 14. The Labute approximate surface area is 425 Å². The first kappa shape index (κ1) is 50.7. The van der Waals surface area contributed by atoms with E-state index in [2.05, 4.69) is 45.3 Å². The Morgan fingerprint density at radius 2 is 1.68 bits per heavy atom. The van der Waals surface area contributed by atoms with Gasteiger partial charge in [0.1, 0.15) is 41.4 Å². The van der Waals surface area contributed by atoms with E-state index in [1.807, 2.05) is 95.3 Å². The Morgan fingerprint density at radius 3 is 2.46 bits per heavy atom. The fourth-order valence-corrected chi connectivity index (χ4v) is 9.90. The van der Waals surface area contributed by atoms with Gasteiger partial charge in [0.25, 0.3) is 5.91 Å². The van der Waals surface area contributed by atoms with Crippen molar-refractivity contribution >= 4 is 57.3 Å². The van der Waals surface area contributed by atoms with Crippen LogP contribution in [0.5, 0.6) is 5.75 Å². The zero-order chi connectivity index (χ0) is 50.0. The van der Waals surface area contributed by atoms with Gasteiger partial charge < -0.3 is 55.0 Å². The number of aromatic nitrogens is 6. The molecule has 0 unspecified atom stereocenters. The maximum absolute atomic E-state index is 13.9. The van der Waals surface area contributed by atoms with Gasteiger partial charge in [-0.05, 0) is 88.2 Å². The van der Waals surface area contributed by atoms with Gasteiger partial charge in [-0.3, -0.25) is 19.3 Å². The second-order valence-corrected chi connectivity index (χ2v) is 19.8. The number of nitrogens with zero attached hydrogens (tertiary/aromatic N) is 10.